The van der Waals surface area contributed by atoms with E-state index in [2.05, 4.69) is 30.3 Å². The van der Waals surface area contributed by atoms with E-state index in [-0.39, 0.29) is 0 Å². The molecule has 1 heterocycles. The molecule has 1 radical (unpaired) electrons. The second-order valence-corrected chi connectivity index (χ2v) is 4.15. The van der Waals surface area contributed by atoms with Gasteiger partial charge in [-0.2, -0.15) is 0 Å². The van der Waals surface area contributed by atoms with E-state index >= 15 is 0 Å². The molecule has 4 heteroatoms. The van der Waals surface area contributed by atoms with Crippen molar-refractivity contribution in [3.8, 4) is 0 Å². The van der Waals surface area contributed by atoms with E-state index in [1.54, 1.807) is 11.3 Å². The van der Waals surface area contributed by atoms with Gasteiger partial charge in [-0.1, -0.05) is 36.9 Å². The second-order valence-electron chi connectivity index (χ2n) is 2.21. The highest BCUT2D eigenvalue weighted by Gasteiger charge is 2.05. The fourth-order valence-corrected chi connectivity index (χ4v) is 1.68. The van der Waals surface area contributed by atoms with Gasteiger partial charge in [-0.3, -0.25) is 0 Å². The van der Waals surface area contributed by atoms with Crippen LogP contribution in [0.3, 0.4) is 0 Å². The molecule has 55 valence electrons. The molecule has 0 spiro atoms. The molecular formula is C6H9N2S2. The van der Waals surface area contributed by atoms with Crippen LogP contribution in [0.15, 0.2) is 4.34 Å². The van der Waals surface area contributed by atoms with Crippen molar-refractivity contribution in [1.82, 2.24) is 10.2 Å². The van der Waals surface area contributed by atoms with Crippen LogP contribution < -0.4 is 0 Å². The van der Waals surface area contributed by atoms with Gasteiger partial charge in [0.15, 0.2) is 4.34 Å². The highest BCUT2D eigenvalue weighted by Crippen LogP contribution is 2.25. The number of hydrogen-bond donors (Lipinski definition) is 0. The Kier molecular flexibility index (Phi) is 2.68. The van der Waals surface area contributed by atoms with Crippen molar-refractivity contribution < 1.29 is 0 Å². The number of thioether (sulfide) groups is 1. The lowest BCUT2D eigenvalue weighted by Crippen LogP contribution is -1.83. The van der Waals surface area contributed by atoms with E-state index in [0.29, 0.717) is 5.92 Å². The van der Waals surface area contributed by atoms with Crippen molar-refractivity contribution in [2.24, 2.45) is 0 Å². The molecule has 0 amide bonds. The molecule has 0 aliphatic heterocycles. The quantitative estimate of drug-likeness (QED) is 0.643. The summed E-state index contributed by atoms with van der Waals surface area (Å²) in [6, 6.07) is 0. The van der Waals surface area contributed by atoms with Crippen LogP contribution in [0.25, 0.3) is 0 Å². The number of rotatable bonds is 2. The average molecular weight is 173 g/mol. The van der Waals surface area contributed by atoms with Gasteiger partial charge in [-0.05, 0) is 0 Å². The van der Waals surface area contributed by atoms with E-state index < -0.39 is 0 Å². The normalized spacial score (nSPS) is 10.8. The van der Waals surface area contributed by atoms with Gasteiger partial charge in [0, 0.05) is 12.2 Å². The topological polar surface area (TPSA) is 25.8 Å². The summed E-state index contributed by atoms with van der Waals surface area (Å²) in [7, 11) is 0. The van der Waals surface area contributed by atoms with E-state index in [0.717, 1.165) is 9.35 Å². The highest BCUT2D eigenvalue weighted by atomic mass is 32.2. The molecule has 2 nitrogen and oxygen atoms in total. The van der Waals surface area contributed by atoms with Crippen LogP contribution in [0, 0.1) is 6.26 Å². The van der Waals surface area contributed by atoms with Gasteiger partial charge in [0.2, 0.25) is 0 Å². The molecule has 0 fully saturated rings. The summed E-state index contributed by atoms with van der Waals surface area (Å²) < 4.78 is 0.948. The fourth-order valence-electron chi connectivity index (χ4n) is 0.512. The maximum atomic E-state index is 3.99. The summed E-state index contributed by atoms with van der Waals surface area (Å²) >= 11 is 3.02. The lowest BCUT2D eigenvalue weighted by atomic mass is 10.2. The van der Waals surface area contributed by atoms with Gasteiger partial charge in [-0.15, -0.1) is 10.2 Å². The molecule has 1 aromatic rings. The van der Waals surface area contributed by atoms with Crippen LogP contribution in [0.4, 0.5) is 0 Å². The Balaban J connectivity index is 2.78. The third-order valence-corrected chi connectivity index (χ3v) is 2.99. The molecule has 10 heavy (non-hydrogen) atoms. The smallest absolute Gasteiger partial charge is 0.142 e. The molecule has 0 aliphatic rings. The van der Waals surface area contributed by atoms with Crippen LogP contribution in [0.2, 0.25) is 0 Å². The van der Waals surface area contributed by atoms with Gasteiger partial charge in [0.1, 0.15) is 5.01 Å². The summed E-state index contributed by atoms with van der Waals surface area (Å²) in [6.45, 7) is 4.22. The van der Waals surface area contributed by atoms with E-state index in [1.165, 1.54) is 11.8 Å². The Morgan fingerprint density at radius 3 is 2.50 bits per heavy atom. The van der Waals surface area contributed by atoms with Crippen molar-refractivity contribution in [2.45, 2.75) is 24.1 Å². The van der Waals surface area contributed by atoms with Crippen molar-refractivity contribution in [1.29, 1.82) is 0 Å². The first-order valence-corrected chi connectivity index (χ1v) is 4.79. The molecule has 0 aromatic carbocycles. The minimum atomic E-state index is 0.485. The summed E-state index contributed by atoms with van der Waals surface area (Å²) in [4.78, 5) is 0. The lowest BCUT2D eigenvalue weighted by Gasteiger charge is -1.92. The molecule has 1 rings (SSSR count). The second kappa shape index (κ2) is 3.34. The van der Waals surface area contributed by atoms with Crippen molar-refractivity contribution >= 4 is 23.1 Å². The SMILES string of the molecule is [CH2]Sc1nnc(C(C)C)s1. The van der Waals surface area contributed by atoms with Crippen LogP contribution >= 0.6 is 23.1 Å². The van der Waals surface area contributed by atoms with Gasteiger partial charge >= 0.3 is 0 Å². The Hall–Kier alpha value is -0.0900. The molecule has 0 saturated heterocycles. The first kappa shape index (κ1) is 8.01. The Bertz CT molecular complexity index is 207. The predicted octanol–water partition coefficient (Wildman–Crippen LogP) is 2.55. The first-order valence-electron chi connectivity index (χ1n) is 2.99. The molecular weight excluding hydrogens is 164 g/mol. The van der Waals surface area contributed by atoms with Crippen molar-refractivity contribution in [2.75, 3.05) is 0 Å². The molecule has 0 unspecified atom stereocenters. The third kappa shape index (κ3) is 1.70. The highest BCUT2D eigenvalue weighted by molar-refractivity contribution is 8.02. The summed E-state index contributed by atoms with van der Waals surface area (Å²) in [5.74, 6) is 0.485. The van der Waals surface area contributed by atoms with E-state index in [1.807, 2.05) is 0 Å². The van der Waals surface area contributed by atoms with E-state index in [4.69, 9.17) is 0 Å². The van der Waals surface area contributed by atoms with Gasteiger partial charge in [0.05, 0.1) is 0 Å². The van der Waals surface area contributed by atoms with Crippen LogP contribution in [0.1, 0.15) is 24.8 Å². The molecule has 0 N–H and O–H groups in total. The third-order valence-electron chi connectivity index (χ3n) is 1.04. The summed E-state index contributed by atoms with van der Waals surface area (Å²) in [6.07, 6.45) is 3.65. The van der Waals surface area contributed by atoms with Gasteiger partial charge < -0.3 is 0 Å². The number of aromatic nitrogens is 2. The molecule has 0 bridgehead atoms. The largest absolute Gasteiger partial charge is 0.174 e. The Labute approximate surface area is 69.1 Å². The minimum absolute atomic E-state index is 0.485. The van der Waals surface area contributed by atoms with Crippen molar-refractivity contribution in [3.63, 3.8) is 0 Å². The molecule has 0 atom stereocenters. The number of nitrogens with zero attached hydrogens (tertiary/aromatic N) is 2. The number of hydrogen-bond acceptors (Lipinski definition) is 4. The van der Waals surface area contributed by atoms with Crippen LogP contribution in [-0.2, 0) is 0 Å². The molecule has 1 aromatic heterocycles. The van der Waals surface area contributed by atoms with Gasteiger partial charge in [0.25, 0.3) is 0 Å². The Morgan fingerprint density at radius 2 is 2.20 bits per heavy atom. The molecule has 0 saturated carbocycles. The zero-order chi connectivity index (χ0) is 7.56. The standard InChI is InChI=1S/C6H9N2S2/c1-4(2)5-7-8-6(9-3)10-5/h4H,3H2,1-2H3. The summed E-state index contributed by atoms with van der Waals surface area (Å²) in [5, 5.41) is 9.01. The average Bonchev–Trinajstić information content (AvgIpc) is 2.34. The van der Waals surface area contributed by atoms with Gasteiger partial charge in [-0.25, -0.2) is 0 Å². The predicted molar refractivity (Wildman–Crippen MR) is 45.2 cm³/mol. The lowest BCUT2D eigenvalue weighted by molar-refractivity contribution is 0.817. The maximum absolute atomic E-state index is 3.99. The summed E-state index contributed by atoms with van der Waals surface area (Å²) in [5.41, 5.74) is 0. The fraction of sp³-hybridized carbons (Fsp3) is 0.500. The zero-order valence-corrected chi connectivity index (χ0v) is 7.63. The maximum Gasteiger partial charge on any atom is 0.174 e. The monoisotopic (exact) mass is 173 g/mol. The van der Waals surface area contributed by atoms with Crippen LogP contribution in [0.5, 0.6) is 0 Å². The van der Waals surface area contributed by atoms with Crippen LogP contribution in [-0.4, -0.2) is 10.2 Å². The molecule has 0 aliphatic carbocycles. The Morgan fingerprint density at radius 1 is 1.50 bits per heavy atom. The first-order chi connectivity index (χ1) is 4.74. The van der Waals surface area contributed by atoms with Crippen molar-refractivity contribution in [3.05, 3.63) is 11.3 Å². The zero-order valence-electron chi connectivity index (χ0n) is 6.00. The van der Waals surface area contributed by atoms with E-state index in [9.17, 15) is 0 Å². The minimum Gasteiger partial charge on any atom is -0.142 e.